The number of nitrogens with zero attached hydrogens (tertiary/aromatic N) is 2. The van der Waals surface area contributed by atoms with Gasteiger partial charge in [0.15, 0.2) is 0 Å². The Morgan fingerprint density at radius 1 is 1.60 bits per heavy atom. The van der Waals surface area contributed by atoms with E-state index < -0.39 is 0 Å². The number of carbonyl (C=O) groups is 1. The molecule has 0 radical (unpaired) electrons. The van der Waals surface area contributed by atoms with Crippen LogP contribution in [0.1, 0.15) is 21.8 Å². The molecule has 2 heterocycles. The van der Waals surface area contributed by atoms with E-state index in [9.17, 15) is 4.79 Å². The standard InChI is InChI=1S/C10H9ClN2O2/c1-6-7(3-4-15-6)10(14)9-8(11)5-12-13(9)2/h3-5H,1-2H3. The third-order valence-corrected chi connectivity index (χ3v) is 2.49. The molecule has 0 amide bonds. The second-order valence-electron chi connectivity index (χ2n) is 3.18. The van der Waals surface area contributed by atoms with Crippen molar-refractivity contribution in [1.29, 1.82) is 0 Å². The second-order valence-corrected chi connectivity index (χ2v) is 3.59. The minimum atomic E-state index is -0.175. The summed E-state index contributed by atoms with van der Waals surface area (Å²) in [5, 5.41) is 4.26. The van der Waals surface area contributed by atoms with Gasteiger partial charge in [0.2, 0.25) is 5.78 Å². The number of aromatic nitrogens is 2. The second kappa shape index (κ2) is 3.55. The van der Waals surface area contributed by atoms with Crippen molar-refractivity contribution >= 4 is 17.4 Å². The van der Waals surface area contributed by atoms with Crippen molar-refractivity contribution in [3.63, 3.8) is 0 Å². The number of hydrogen-bond acceptors (Lipinski definition) is 3. The molecule has 2 rings (SSSR count). The van der Waals surface area contributed by atoms with Gasteiger partial charge in [0, 0.05) is 7.05 Å². The van der Waals surface area contributed by atoms with E-state index in [-0.39, 0.29) is 5.78 Å². The first kappa shape index (κ1) is 9.98. The van der Waals surface area contributed by atoms with Crippen LogP contribution in [0.25, 0.3) is 0 Å². The van der Waals surface area contributed by atoms with Crippen LogP contribution in [-0.4, -0.2) is 15.6 Å². The topological polar surface area (TPSA) is 48.0 Å². The van der Waals surface area contributed by atoms with Crippen LogP contribution in [0, 0.1) is 6.92 Å². The molecule has 2 aromatic rings. The molecule has 0 aliphatic carbocycles. The van der Waals surface area contributed by atoms with Gasteiger partial charge in [-0.25, -0.2) is 0 Å². The first-order valence-corrected chi connectivity index (χ1v) is 4.75. The Hall–Kier alpha value is -1.55. The molecule has 15 heavy (non-hydrogen) atoms. The normalized spacial score (nSPS) is 10.6. The van der Waals surface area contributed by atoms with Crippen molar-refractivity contribution in [2.45, 2.75) is 6.92 Å². The lowest BCUT2D eigenvalue weighted by atomic mass is 10.1. The van der Waals surface area contributed by atoms with Crippen LogP contribution in [0.15, 0.2) is 22.9 Å². The zero-order valence-electron chi connectivity index (χ0n) is 8.32. The van der Waals surface area contributed by atoms with Gasteiger partial charge in [0.1, 0.15) is 11.5 Å². The Labute approximate surface area is 91.4 Å². The third-order valence-electron chi connectivity index (χ3n) is 2.21. The molecule has 0 unspecified atom stereocenters. The van der Waals surface area contributed by atoms with E-state index in [1.54, 1.807) is 20.0 Å². The predicted octanol–water partition coefficient (Wildman–Crippen LogP) is 2.21. The molecule has 0 fully saturated rings. The summed E-state index contributed by atoms with van der Waals surface area (Å²) in [4.78, 5) is 12.0. The zero-order chi connectivity index (χ0) is 11.0. The van der Waals surface area contributed by atoms with Crippen LogP contribution in [-0.2, 0) is 7.05 Å². The first-order valence-electron chi connectivity index (χ1n) is 4.37. The van der Waals surface area contributed by atoms with Gasteiger partial charge in [-0.3, -0.25) is 9.48 Å². The van der Waals surface area contributed by atoms with Crippen molar-refractivity contribution in [2.75, 3.05) is 0 Å². The summed E-state index contributed by atoms with van der Waals surface area (Å²) in [5.74, 6) is 0.406. The van der Waals surface area contributed by atoms with Crippen molar-refractivity contribution < 1.29 is 9.21 Å². The smallest absolute Gasteiger partial charge is 0.216 e. The Morgan fingerprint density at radius 2 is 2.33 bits per heavy atom. The highest BCUT2D eigenvalue weighted by atomic mass is 35.5. The number of ketones is 1. The largest absolute Gasteiger partial charge is 0.469 e. The molecule has 5 heteroatoms. The van der Waals surface area contributed by atoms with Crippen molar-refractivity contribution in [3.05, 3.63) is 40.6 Å². The van der Waals surface area contributed by atoms with Crippen molar-refractivity contribution in [3.8, 4) is 0 Å². The number of furan rings is 1. The Kier molecular flexibility index (Phi) is 2.36. The van der Waals surface area contributed by atoms with Crippen LogP contribution >= 0.6 is 11.6 Å². The maximum absolute atomic E-state index is 12.0. The van der Waals surface area contributed by atoms with Crippen molar-refractivity contribution in [2.24, 2.45) is 7.05 Å². The highest BCUT2D eigenvalue weighted by Crippen LogP contribution is 2.20. The van der Waals surface area contributed by atoms with Gasteiger partial charge >= 0.3 is 0 Å². The number of halogens is 1. The first-order chi connectivity index (χ1) is 7.11. The lowest BCUT2D eigenvalue weighted by Crippen LogP contribution is -2.09. The average Bonchev–Trinajstić information content (AvgIpc) is 2.73. The fourth-order valence-electron chi connectivity index (χ4n) is 1.41. The minimum absolute atomic E-state index is 0.175. The zero-order valence-corrected chi connectivity index (χ0v) is 9.08. The summed E-state index contributed by atoms with van der Waals surface area (Å²) in [6, 6.07) is 1.63. The summed E-state index contributed by atoms with van der Waals surface area (Å²) < 4.78 is 6.53. The molecule has 0 saturated heterocycles. The van der Waals surface area contributed by atoms with Crippen LogP contribution in [0.4, 0.5) is 0 Å². The van der Waals surface area contributed by atoms with E-state index >= 15 is 0 Å². The molecule has 2 aromatic heterocycles. The van der Waals surface area contributed by atoms with E-state index in [0.29, 0.717) is 22.0 Å². The molecule has 4 nitrogen and oxygen atoms in total. The molecule has 0 spiro atoms. The van der Waals surface area contributed by atoms with E-state index in [0.717, 1.165) is 0 Å². The minimum Gasteiger partial charge on any atom is -0.469 e. The highest BCUT2D eigenvalue weighted by molar-refractivity contribution is 6.34. The molecule has 0 atom stereocenters. The molecular formula is C10H9ClN2O2. The average molecular weight is 225 g/mol. The van der Waals surface area contributed by atoms with E-state index in [4.69, 9.17) is 16.0 Å². The number of aryl methyl sites for hydroxylation is 2. The number of rotatable bonds is 2. The molecule has 0 aliphatic heterocycles. The van der Waals surface area contributed by atoms with Gasteiger partial charge in [-0.05, 0) is 13.0 Å². The van der Waals surface area contributed by atoms with Crippen LogP contribution in [0.2, 0.25) is 5.02 Å². The summed E-state index contributed by atoms with van der Waals surface area (Å²) in [6.07, 6.45) is 2.93. The Morgan fingerprint density at radius 3 is 2.80 bits per heavy atom. The van der Waals surface area contributed by atoms with Crippen LogP contribution in [0.3, 0.4) is 0 Å². The molecule has 0 saturated carbocycles. The summed E-state index contributed by atoms with van der Waals surface area (Å²) in [6.45, 7) is 1.73. The summed E-state index contributed by atoms with van der Waals surface area (Å²) in [7, 11) is 1.68. The van der Waals surface area contributed by atoms with Gasteiger partial charge in [-0.2, -0.15) is 5.10 Å². The number of hydrogen-bond donors (Lipinski definition) is 0. The molecule has 0 aliphatic rings. The predicted molar refractivity (Wildman–Crippen MR) is 55.1 cm³/mol. The molecule has 0 bridgehead atoms. The fraction of sp³-hybridized carbons (Fsp3) is 0.200. The van der Waals surface area contributed by atoms with Crippen molar-refractivity contribution in [1.82, 2.24) is 9.78 Å². The maximum Gasteiger partial charge on any atom is 0.216 e. The quantitative estimate of drug-likeness (QED) is 0.735. The Balaban J connectivity index is 2.50. The van der Waals surface area contributed by atoms with Crippen LogP contribution < -0.4 is 0 Å². The molecular weight excluding hydrogens is 216 g/mol. The van der Waals surface area contributed by atoms with Gasteiger partial charge in [-0.1, -0.05) is 11.6 Å². The monoisotopic (exact) mass is 224 g/mol. The third kappa shape index (κ3) is 1.57. The summed E-state index contributed by atoms with van der Waals surface area (Å²) >= 11 is 5.87. The van der Waals surface area contributed by atoms with Gasteiger partial charge in [0.05, 0.1) is 23.0 Å². The number of carbonyl (C=O) groups excluding carboxylic acids is 1. The fourth-order valence-corrected chi connectivity index (χ4v) is 1.67. The highest BCUT2D eigenvalue weighted by Gasteiger charge is 2.20. The van der Waals surface area contributed by atoms with Crippen LogP contribution in [0.5, 0.6) is 0 Å². The Bertz CT molecular complexity index is 494. The van der Waals surface area contributed by atoms with Gasteiger partial charge in [-0.15, -0.1) is 0 Å². The van der Waals surface area contributed by atoms with E-state index in [1.807, 2.05) is 0 Å². The molecule has 0 N–H and O–H groups in total. The van der Waals surface area contributed by atoms with E-state index in [1.165, 1.54) is 17.1 Å². The van der Waals surface area contributed by atoms with Gasteiger partial charge < -0.3 is 4.42 Å². The molecule has 0 aromatic carbocycles. The SMILES string of the molecule is Cc1occc1C(=O)c1c(Cl)cnn1C. The van der Waals surface area contributed by atoms with Gasteiger partial charge in [0.25, 0.3) is 0 Å². The maximum atomic E-state index is 12.0. The lowest BCUT2D eigenvalue weighted by Gasteiger charge is -2.00. The summed E-state index contributed by atoms with van der Waals surface area (Å²) in [5.41, 5.74) is 0.890. The van der Waals surface area contributed by atoms with E-state index in [2.05, 4.69) is 5.10 Å². The lowest BCUT2D eigenvalue weighted by molar-refractivity contribution is 0.102. The molecule has 78 valence electrons.